The third-order valence-electron chi connectivity index (χ3n) is 11.5. The molecule has 1 N–H and O–H groups in total. The summed E-state index contributed by atoms with van der Waals surface area (Å²) < 4.78 is 0. The number of benzene rings is 10. The van der Waals surface area contributed by atoms with Crippen molar-refractivity contribution in [1.29, 1.82) is 0 Å². The van der Waals surface area contributed by atoms with E-state index in [4.69, 9.17) is 0 Å². The lowest BCUT2D eigenvalue weighted by Crippen LogP contribution is -2.09. The van der Waals surface area contributed by atoms with Gasteiger partial charge in [0, 0.05) is 27.3 Å². The molecule has 274 valence electrons. The molecule has 1 heterocycles. The number of anilines is 4. The van der Waals surface area contributed by atoms with Gasteiger partial charge in [0.1, 0.15) is 5.37 Å². The van der Waals surface area contributed by atoms with Gasteiger partial charge >= 0.3 is 0 Å². The Morgan fingerprint density at radius 2 is 0.810 bits per heavy atom. The van der Waals surface area contributed by atoms with Crippen LogP contribution < -0.4 is 10.2 Å². The van der Waals surface area contributed by atoms with Crippen molar-refractivity contribution < 1.29 is 0 Å². The summed E-state index contributed by atoms with van der Waals surface area (Å²) >= 11 is 1.92. The average molecular weight is 759 g/mol. The van der Waals surface area contributed by atoms with Crippen LogP contribution in [0.2, 0.25) is 0 Å². The number of nitrogens with one attached hydrogen (secondary N) is 1. The highest BCUT2D eigenvalue weighted by Gasteiger charge is 2.27. The van der Waals surface area contributed by atoms with Gasteiger partial charge in [-0.1, -0.05) is 182 Å². The maximum atomic E-state index is 3.92. The highest BCUT2D eigenvalue weighted by molar-refractivity contribution is 8.00. The van der Waals surface area contributed by atoms with E-state index < -0.39 is 0 Å². The Morgan fingerprint density at radius 1 is 0.345 bits per heavy atom. The van der Waals surface area contributed by atoms with Gasteiger partial charge in [0.25, 0.3) is 0 Å². The van der Waals surface area contributed by atoms with Crippen molar-refractivity contribution in [2.24, 2.45) is 0 Å². The SMILES string of the molecule is c1ccc(-c2ccc(N(c3ccc(-c4ccc5ccccc5c4)cc3)c3ccc(-c4ccc5c(c4)c4c(c6ccccc65)SC(c5ccccc5)N4)cc3)cc2)cc1. The second kappa shape index (κ2) is 14.5. The summed E-state index contributed by atoms with van der Waals surface area (Å²) in [7, 11) is 0. The van der Waals surface area contributed by atoms with Gasteiger partial charge in [0.2, 0.25) is 0 Å². The van der Waals surface area contributed by atoms with E-state index in [1.54, 1.807) is 0 Å². The fourth-order valence-corrected chi connectivity index (χ4v) is 9.81. The molecule has 0 aromatic heterocycles. The van der Waals surface area contributed by atoms with Crippen LogP contribution in [0.4, 0.5) is 22.7 Å². The van der Waals surface area contributed by atoms with Crippen LogP contribution in [-0.4, -0.2) is 0 Å². The van der Waals surface area contributed by atoms with Crippen molar-refractivity contribution in [3.05, 3.63) is 224 Å². The summed E-state index contributed by atoms with van der Waals surface area (Å²) in [6, 6.07) is 79.3. The Labute approximate surface area is 343 Å². The molecule has 2 nitrogen and oxygen atoms in total. The van der Waals surface area contributed by atoms with E-state index in [2.05, 4.69) is 229 Å². The van der Waals surface area contributed by atoms with Crippen molar-refractivity contribution >= 4 is 66.8 Å². The van der Waals surface area contributed by atoms with E-state index >= 15 is 0 Å². The van der Waals surface area contributed by atoms with Crippen molar-refractivity contribution in [1.82, 2.24) is 0 Å². The molecule has 3 heteroatoms. The number of fused-ring (bicyclic) bond motifs is 7. The van der Waals surface area contributed by atoms with Gasteiger partial charge < -0.3 is 10.2 Å². The second-order valence-electron chi connectivity index (χ2n) is 15.0. The van der Waals surface area contributed by atoms with Gasteiger partial charge in [-0.25, -0.2) is 0 Å². The molecule has 1 unspecified atom stereocenters. The zero-order valence-corrected chi connectivity index (χ0v) is 32.5. The highest BCUT2D eigenvalue weighted by atomic mass is 32.2. The average Bonchev–Trinajstić information content (AvgIpc) is 3.77. The van der Waals surface area contributed by atoms with Gasteiger partial charge in [0.15, 0.2) is 0 Å². The smallest absolute Gasteiger partial charge is 0.103 e. The molecule has 0 aliphatic carbocycles. The Bertz CT molecular complexity index is 3090. The lowest BCUT2D eigenvalue weighted by molar-refractivity contribution is 1.14. The minimum absolute atomic E-state index is 0.169. The molecule has 1 aliphatic rings. The molecule has 0 amide bonds. The second-order valence-corrected chi connectivity index (χ2v) is 16.1. The zero-order valence-electron chi connectivity index (χ0n) is 31.7. The van der Waals surface area contributed by atoms with E-state index in [-0.39, 0.29) is 5.37 Å². The molecule has 0 saturated heterocycles. The van der Waals surface area contributed by atoms with Crippen LogP contribution >= 0.6 is 11.8 Å². The van der Waals surface area contributed by atoms with Crippen molar-refractivity contribution in [3.8, 4) is 33.4 Å². The van der Waals surface area contributed by atoms with Crippen LogP contribution in [0.3, 0.4) is 0 Å². The predicted octanol–water partition coefficient (Wildman–Crippen LogP) is 15.8. The maximum Gasteiger partial charge on any atom is 0.103 e. The minimum atomic E-state index is 0.169. The molecule has 0 spiro atoms. The zero-order chi connectivity index (χ0) is 38.4. The first-order chi connectivity index (χ1) is 28.7. The van der Waals surface area contributed by atoms with Crippen molar-refractivity contribution in [3.63, 3.8) is 0 Å². The molecular weight excluding hydrogens is 721 g/mol. The molecule has 0 saturated carbocycles. The monoisotopic (exact) mass is 758 g/mol. The summed E-state index contributed by atoms with van der Waals surface area (Å²) in [6.45, 7) is 0. The summed E-state index contributed by atoms with van der Waals surface area (Å²) in [4.78, 5) is 3.68. The predicted molar refractivity (Wildman–Crippen MR) is 249 cm³/mol. The van der Waals surface area contributed by atoms with Crippen LogP contribution in [-0.2, 0) is 0 Å². The van der Waals surface area contributed by atoms with E-state index in [0.717, 1.165) is 17.1 Å². The Hall–Kier alpha value is -7.07. The molecule has 10 aromatic carbocycles. The molecule has 11 rings (SSSR count). The topological polar surface area (TPSA) is 15.3 Å². The van der Waals surface area contributed by atoms with E-state index in [9.17, 15) is 0 Å². The third kappa shape index (κ3) is 6.17. The molecule has 1 aliphatic heterocycles. The molecule has 0 bridgehead atoms. The molecule has 0 fully saturated rings. The lowest BCUT2D eigenvalue weighted by Gasteiger charge is -2.26. The number of hydrogen-bond donors (Lipinski definition) is 1. The molecule has 58 heavy (non-hydrogen) atoms. The minimum Gasteiger partial charge on any atom is -0.368 e. The summed E-state index contributed by atoms with van der Waals surface area (Å²) in [5, 5.41) is 11.7. The first kappa shape index (κ1) is 34.2. The van der Waals surface area contributed by atoms with Gasteiger partial charge in [-0.05, 0) is 114 Å². The Balaban J connectivity index is 0.966. The quantitative estimate of drug-likeness (QED) is 0.163. The maximum absolute atomic E-state index is 3.92. The number of thioether (sulfide) groups is 1. The van der Waals surface area contributed by atoms with Crippen LogP contribution in [0.1, 0.15) is 10.9 Å². The van der Waals surface area contributed by atoms with Crippen LogP contribution in [0, 0.1) is 0 Å². The van der Waals surface area contributed by atoms with E-state index in [1.165, 1.54) is 81.8 Å². The fourth-order valence-electron chi connectivity index (χ4n) is 8.52. The van der Waals surface area contributed by atoms with E-state index in [1.807, 2.05) is 11.8 Å². The summed E-state index contributed by atoms with van der Waals surface area (Å²) in [5.74, 6) is 0. The number of rotatable bonds is 7. The fraction of sp³-hybridized carbons (Fsp3) is 0.0182. The Kier molecular flexibility index (Phi) is 8.53. The normalized spacial score (nSPS) is 13.4. The third-order valence-corrected chi connectivity index (χ3v) is 12.8. The lowest BCUT2D eigenvalue weighted by atomic mass is 9.95. The first-order valence-corrected chi connectivity index (χ1v) is 20.7. The standard InChI is InChI=1S/C55H38N2S/c1-3-11-37(12-4-1)39-21-28-46(29-22-39)57(47-30-23-40(24-31-47)44-20-19-38-13-7-8-16-43(38)35-44)48-32-25-41(26-33-48)45-27-34-50-49-17-9-10-18-51(49)54-53(52(50)36-45)56-55(58-54)42-14-5-2-6-15-42/h1-36,55-56H. The highest BCUT2D eigenvalue weighted by Crippen LogP contribution is 2.53. The van der Waals surface area contributed by atoms with Crippen molar-refractivity contribution in [2.75, 3.05) is 10.2 Å². The van der Waals surface area contributed by atoms with Gasteiger partial charge in [0.05, 0.1) is 5.69 Å². The van der Waals surface area contributed by atoms with Crippen molar-refractivity contribution in [2.45, 2.75) is 10.3 Å². The van der Waals surface area contributed by atoms with Crippen LogP contribution in [0.5, 0.6) is 0 Å². The van der Waals surface area contributed by atoms with Gasteiger partial charge in [-0.2, -0.15) is 0 Å². The summed E-state index contributed by atoms with van der Waals surface area (Å²) in [6.07, 6.45) is 0. The number of hydrogen-bond acceptors (Lipinski definition) is 3. The number of nitrogens with zero attached hydrogens (tertiary/aromatic N) is 1. The van der Waals surface area contributed by atoms with Gasteiger partial charge in [-0.3, -0.25) is 0 Å². The largest absolute Gasteiger partial charge is 0.368 e. The Morgan fingerprint density at radius 3 is 1.47 bits per heavy atom. The molecule has 0 radical (unpaired) electrons. The van der Waals surface area contributed by atoms with E-state index in [0.29, 0.717) is 0 Å². The molecule has 10 aromatic rings. The van der Waals surface area contributed by atoms with Crippen LogP contribution in [0.25, 0.3) is 65.7 Å². The first-order valence-electron chi connectivity index (χ1n) is 19.9. The molecular formula is C55H38N2S. The summed E-state index contributed by atoms with van der Waals surface area (Å²) in [5.41, 5.74) is 13.0. The van der Waals surface area contributed by atoms with Crippen LogP contribution in [0.15, 0.2) is 223 Å². The molecule has 1 atom stereocenters. The van der Waals surface area contributed by atoms with Gasteiger partial charge in [-0.15, -0.1) is 0 Å².